The van der Waals surface area contributed by atoms with Crippen molar-refractivity contribution in [1.82, 2.24) is 10.6 Å². The number of nitrogens with two attached hydrogens (primary N) is 1. The lowest BCUT2D eigenvalue weighted by molar-refractivity contribution is -0.142. The van der Waals surface area contributed by atoms with Crippen LogP contribution >= 0.6 is 12.6 Å². The van der Waals surface area contributed by atoms with Gasteiger partial charge in [-0.15, -0.1) is 12.6 Å². The van der Waals surface area contributed by atoms with E-state index in [4.69, 9.17) is 5.73 Å². The summed E-state index contributed by atoms with van der Waals surface area (Å²) in [6, 6.07) is 7.90. The van der Waals surface area contributed by atoms with Gasteiger partial charge in [0.2, 0.25) is 5.91 Å². The van der Waals surface area contributed by atoms with E-state index in [0.29, 0.717) is 19.4 Å². The molecule has 0 aromatic heterocycles. The average molecular weight is 410 g/mol. The van der Waals surface area contributed by atoms with Crippen LogP contribution in [0.25, 0.3) is 0 Å². The van der Waals surface area contributed by atoms with Crippen LogP contribution in [0.4, 0.5) is 0 Å². The van der Waals surface area contributed by atoms with Crippen LogP contribution in [0.15, 0.2) is 30.3 Å². The van der Waals surface area contributed by atoms with Crippen LogP contribution in [0, 0.1) is 5.92 Å². The Morgan fingerprint density at radius 2 is 1.82 bits per heavy atom. The number of carbonyl (C=O) groups excluding carboxylic acids is 2. The van der Waals surface area contributed by atoms with Gasteiger partial charge in [-0.3, -0.25) is 9.59 Å². The Balaban J connectivity index is 2.91. The number of carboxylic acids is 1. The zero-order valence-corrected chi connectivity index (χ0v) is 17.4. The third-order valence-electron chi connectivity index (χ3n) is 4.19. The second kappa shape index (κ2) is 11.7. The Bertz CT molecular complexity index is 654. The monoisotopic (exact) mass is 409 g/mol. The summed E-state index contributed by atoms with van der Waals surface area (Å²) in [5.41, 5.74) is 6.30. The summed E-state index contributed by atoms with van der Waals surface area (Å²) in [5, 5.41) is 14.7. The van der Waals surface area contributed by atoms with Crippen LogP contribution in [0.1, 0.15) is 45.1 Å². The smallest absolute Gasteiger partial charge is 0.326 e. The molecule has 0 saturated carbocycles. The van der Waals surface area contributed by atoms with E-state index >= 15 is 0 Å². The Hall–Kier alpha value is -2.06. The molecular formula is C20H31N3O4S. The molecule has 0 aliphatic carbocycles. The van der Waals surface area contributed by atoms with Crippen molar-refractivity contribution in [3.05, 3.63) is 35.9 Å². The maximum absolute atomic E-state index is 12.9. The first-order chi connectivity index (χ1) is 13.2. The van der Waals surface area contributed by atoms with Crippen molar-refractivity contribution >= 4 is 30.4 Å². The molecule has 2 atom stereocenters. The van der Waals surface area contributed by atoms with Gasteiger partial charge in [-0.2, -0.15) is 0 Å². The van der Waals surface area contributed by atoms with E-state index in [2.05, 4.69) is 23.3 Å². The Morgan fingerprint density at radius 1 is 1.18 bits per heavy atom. The molecule has 8 heteroatoms. The lowest BCUT2D eigenvalue weighted by atomic mass is 10.0. The molecule has 0 aliphatic rings. The van der Waals surface area contributed by atoms with Crippen molar-refractivity contribution in [2.75, 3.05) is 6.54 Å². The number of carbonyl (C=O) groups is 3. The SMILES string of the molecule is CC(C)CC(=O)N[C@](S)(CCCCN)C(=O)N[C@@H](Cc1ccccc1)C(=O)O. The molecule has 0 bridgehead atoms. The molecule has 0 radical (unpaired) electrons. The maximum atomic E-state index is 12.9. The first-order valence-corrected chi connectivity index (χ1v) is 9.93. The van der Waals surface area contributed by atoms with Crippen molar-refractivity contribution < 1.29 is 19.5 Å². The highest BCUT2D eigenvalue weighted by atomic mass is 32.1. The molecule has 1 rings (SSSR count). The Kier molecular flexibility index (Phi) is 10.0. The first kappa shape index (κ1) is 24.0. The van der Waals surface area contributed by atoms with Gasteiger partial charge >= 0.3 is 5.97 Å². The van der Waals surface area contributed by atoms with Gasteiger partial charge < -0.3 is 21.5 Å². The summed E-state index contributed by atoms with van der Waals surface area (Å²) < 4.78 is 0. The second-order valence-corrected chi connectivity index (χ2v) is 8.07. The van der Waals surface area contributed by atoms with Crippen LogP contribution < -0.4 is 16.4 Å². The highest BCUT2D eigenvalue weighted by Crippen LogP contribution is 2.21. The average Bonchev–Trinajstić information content (AvgIpc) is 2.61. The molecule has 0 fully saturated rings. The largest absolute Gasteiger partial charge is 0.480 e. The predicted molar refractivity (Wildman–Crippen MR) is 112 cm³/mol. The molecule has 0 saturated heterocycles. The van der Waals surface area contributed by atoms with E-state index in [1.54, 1.807) is 24.3 Å². The number of nitrogens with one attached hydrogen (secondary N) is 2. The molecule has 0 spiro atoms. The molecular weight excluding hydrogens is 378 g/mol. The van der Waals surface area contributed by atoms with Crippen molar-refractivity contribution in [2.45, 2.75) is 56.9 Å². The number of thiol groups is 1. The molecule has 0 heterocycles. The molecule has 7 nitrogen and oxygen atoms in total. The fourth-order valence-electron chi connectivity index (χ4n) is 2.74. The third kappa shape index (κ3) is 8.31. The summed E-state index contributed by atoms with van der Waals surface area (Å²) in [6.07, 6.45) is 1.88. The molecule has 5 N–H and O–H groups in total. The molecule has 156 valence electrons. The van der Waals surface area contributed by atoms with Gasteiger partial charge in [-0.25, -0.2) is 4.79 Å². The van der Waals surface area contributed by atoms with Gasteiger partial charge in [0.05, 0.1) is 0 Å². The van der Waals surface area contributed by atoms with Gasteiger partial charge in [0.15, 0.2) is 4.87 Å². The third-order valence-corrected chi connectivity index (χ3v) is 4.73. The van der Waals surface area contributed by atoms with E-state index in [0.717, 1.165) is 5.56 Å². The standard InChI is InChI=1S/C20H31N3O4S/c1-14(2)12-17(24)23-20(28,10-6-7-11-21)19(27)22-16(18(25)26)13-15-8-4-3-5-9-15/h3-5,8-9,14,16,28H,6-7,10-13,21H2,1-2H3,(H,22,27)(H,23,24)(H,25,26)/t16-,20-/m0/s1. The number of hydrogen-bond donors (Lipinski definition) is 5. The van der Waals surface area contributed by atoms with E-state index in [1.807, 2.05) is 19.9 Å². The normalized spacial score (nSPS) is 14.2. The van der Waals surface area contributed by atoms with Crippen molar-refractivity contribution in [1.29, 1.82) is 0 Å². The van der Waals surface area contributed by atoms with E-state index < -0.39 is 22.8 Å². The number of amides is 2. The summed E-state index contributed by atoms with van der Waals surface area (Å²) in [5.74, 6) is -1.96. The topological polar surface area (TPSA) is 122 Å². The predicted octanol–water partition coefficient (Wildman–Crippen LogP) is 1.72. The minimum absolute atomic E-state index is 0.120. The number of hydrogen-bond acceptors (Lipinski definition) is 5. The van der Waals surface area contributed by atoms with Crippen molar-refractivity contribution in [3.8, 4) is 0 Å². The van der Waals surface area contributed by atoms with Gasteiger partial charge in [0.1, 0.15) is 6.04 Å². The summed E-state index contributed by atoms with van der Waals surface area (Å²) in [6.45, 7) is 4.25. The van der Waals surface area contributed by atoms with Gasteiger partial charge in [-0.1, -0.05) is 44.2 Å². The molecule has 1 aromatic carbocycles. The van der Waals surface area contributed by atoms with E-state index in [1.165, 1.54) is 0 Å². The number of aliphatic carboxylic acids is 1. The number of carboxylic acid groups (broad SMARTS) is 1. The van der Waals surface area contributed by atoms with Crippen LogP contribution in [-0.4, -0.2) is 40.3 Å². The first-order valence-electron chi connectivity index (χ1n) is 9.49. The van der Waals surface area contributed by atoms with Crippen LogP contribution in [0.3, 0.4) is 0 Å². The highest BCUT2D eigenvalue weighted by Gasteiger charge is 2.37. The lowest BCUT2D eigenvalue weighted by Crippen LogP contribution is -2.58. The molecule has 2 amide bonds. The molecule has 1 aromatic rings. The van der Waals surface area contributed by atoms with Crippen molar-refractivity contribution in [3.63, 3.8) is 0 Å². The summed E-state index contributed by atoms with van der Waals surface area (Å²) in [7, 11) is 0. The summed E-state index contributed by atoms with van der Waals surface area (Å²) in [4.78, 5) is 35.3. The maximum Gasteiger partial charge on any atom is 0.326 e. The van der Waals surface area contributed by atoms with Crippen LogP contribution in [0.2, 0.25) is 0 Å². The Morgan fingerprint density at radius 3 is 2.36 bits per heavy atom. The summed E-state index contributed by atoms with van der Waals surface area (Å²) >= 11 is 4.44. The molecule has 28 heavy (non-hydrogen) atoms. The van der Waals surface area contributed by atoms with E-state index in [9.17, 15) is 19.5 Å². The number of unbranched alkanes of at least 4 members (excludes halogenated alkanes) is 1. The highest BCUT2D eigenvalue weighted by molar-refractivity contribution is 7.82. The van der Waals surface area contributed by atoms with Crippen LogP contribution in [-0.2, 0) is 20.8 Å². The number of benzene rings is 1. The zero-order chi connectivity index (χ0) is 21.2. The van der Waals surface area contributed by atoms with Gasteiger partial charge in [0, 0.05) is 12.8 Å². The van der Waals surface area contributed by atoms with Gasteiger partial charge in [-0.05, 0) is 37.3 Å². The minimum atomic E-state index is -1.49. The zero-order valence-electron chi connectivity index (χ0n) is 16.5. The molecule has 0 unspecified atom stereocenters. The fourth-order valence-corrected chi connectivity index (χ4v) is 3.09. The quantitative estimate of drug-likeness (QED) is 0.204. The van der Waals surface area contributed by atoms with Crippen LogP contribution in [0.5, 0.6) is 0 Å². The fraction of sp³-hybridized carbons (Fsp3) is 0.550. The second-order valence-electron chi connectivity index (χ2n) is 7.31. The number of rotatable bonds is 12. The van der Waals surface area contributed by atoms with Crippen molar-refractivity contribution in [2.24, 2.45) is 11.7 Å². The Labute approximate surface area is 171 Å². The lowest BCUT2D eigenvalue weighted by Gasteiger charge is -2.30. The molecule has 0 aliphatic heterocycles. The minimum Gasteiger partial charge on any atom is -0.480 e. The van der Waals surface area contributed by atoms with E-state index in [-0.39, 0.29) is 31.1 Å². The van der Waals surface area contributed by atoms with Gasteiger partial charge in [0.25, 0.3) is 5.91 Å².